The maximum atomic E-state index is 12.1. The zero-order valence-electron chi connectivity index (χ0n) is 10.8. The fraction of sp³-hybridized carbons (Fsp3) is 0.500. The normalized spacial score (nSPS) is 20.8. The summed E-state index contributed by atoms with van der Waals surface area (Å²) in [6.07, 6.45) is 1.84. The summed E-state index contributed by atoms with van der Waals surface area (Å²) in [7, 11) is 1.69. The molecule has 1 aliphatic heterocycles. The van der Waals surface area contributed by atoms with E-state index < -0.39 is 0 Å². The molecule has 0 radical (unpaired) electrons. The Morgan fingerprint density at radius 2 is 2.28 bits per heavy atom. The Hall–Kier alpha value is -1.00. The number of anilines is 1. The van der Waals surface area contributed by atoms with Gasteiger partial charge in [-0.1, -0.05) is 25.1 Å². The molecule has 0 bridgehead atoms. The van der Waals surface area contributed by atoms with Gasteiger partial charge in [-0.25, -0.2) is 0 Å². The number of rotatable bonds is 4. The van der Waals surface area contributed by atoms with Crippen molar-refractivity contribution in [2.75, 3.05) is 19.0 Å². The van der Waals surface area contributed by atoms with E-state index in [1.807, 2.05) is 18.2 Å². The van der Waals surface area contributed by atoms with Crippen molar-refractivity contribution < 1.29 is 9.53 Å². The Bertz CT molecular complexity index is 422. The van der Waals surface area contributed by atoms with E-state index in [-0.39, 0.29) is 11.2 Å². The minimum absolute atomic E-state index is 0.0162. The average Bonchev–Trinajstić information content (AvgIpc) is 2.50. The molecule has 2 rings (SSSR count). The average molecular weight is 265 g/mol. The topological polar surface area (TPSA) is 38.3 Å². The maximum absolute atomic E-state index is 12.1. The van der Waals surface area contributed by atoms with Crippen LogP contribution in [0.2, 0.25) is 0 Å². The van der Waals surface area contributed by atoms with Crippen LogP contribution in [0.15, 0.2) is 24.3 Å². The lowest BCUT2D eigenvalue weighted by atomic mass is 10.1. The first-order valence-electron chi connectivity index (χ1n) is 6.24. The van der Waals surface area contributed by atoms with Crippen molar-refractivity contribution in [3.05, 3.63) is 29.8 Å². The number of nitrogens with one attached hydrogen (secondary N) is 1. The highest BCUT2D eigenvalue weighted by atomic mass is 32.2. The summed E-state index contributed by atoms with van der Waals surface area (Å²) in [5.41, 5.74) is 2.19. The molecule has 0 saturated heterocycles. The van der Waals surface area contributed by atoms with Gasteiger partial charge in [0.1, 0.15) is 0 Å². The maximum Gasteiger partial charge on any atom is 0.237 e. The summed E-state index contributed by atoms with van der Waals surface area (Å²) in [5.74, 6) is 0.118. The van der Waals surface area contributed by atoms with Gasteiger partial charge >= 0.3 is 0 Å². The van der Waals surface area contributed by atoms with E-state index in [0.29, 0.717) is 11.9 Å². The van der Waals surface area contributed by atoms with Crippen LogP contribution in [-0.2, 0) is 16.0 Å². The third kappa shape index (κ3) is 3.27. The predicted molar refractivity (Wildman–Crippen MR) is 76.1 cm³/mol. The third-order valence-corrected chi connectivity index (χ3v) is 4.42. The van der Waals surface area contributed by atoms with Gasteiger partial charge in [-0.2, -0.15) is 0 Å². The molecular formula is C14H19NO2S. The molecule has 18 heavy (non-hydrogen) atoms. The zero-order valence-corrected chi connectivity index (χ0v) is 11.6. The molecule has 3 nitrogen and oxygen atoms in total. The minimum atomic E-state index is 0.0162. The molecule has 0 spiro atoms. The second-order valence-corrected chi connectivity index (χ2v) is 6.22. The van der Waals surface area contributed by atoms with Crippen LogP contribution >= 0.6 is 11.8 Å². The Labute approximate surface area is 112 Å². The number of benzene rings is 1. The number of carbonyl (C=O) groups excluding carboxylic acids is 1. The lowest BCUT2D eigenvalue weighted by Crippen LogP contribution is -2.26. The molecule has 1 aliphatic rings. The second-order valence-electron chi connectivity index (χ2n) is 4.58. The number of fused-ring (bicyclic) bond motifs is 1. The number of aryl methyl sites for hydroxylation is 1. The van der Waals surface area contributed by atoms with E-state index in [1.165, 1.54) is 5.56 Å². The van der Waals surface area contributed by atoms with Crippen LogP contribution in [0.1, 0.15) is 18.9 Å². The lowest BCUT2D eigenvalue weighted by molar-refractivity contribution is -0.115. The third-order valence-electron chi connectivity index (χ3n) is 3.04. The number of amides is 1. The van der Waals surface area contributed by atoms with E-state index in [9.17, 15) is 4.79 Å². The van der Waals surface area contributed by atoms with Crippen molar-refractivity contribution in [2.45, 2.75) is 30.3 Å². The summed E-state index contributed by atoms with van der Waals surface area (Å²) < 4.78 is 5.12. The van der Waals surface area contributed by atoms with Crippen molar-refractivity contribution in [3.63, 3.8) is 0 Å². The molecule has 1 aromatic carbocycles. The minimum Gasteiger partial charge on any atom is -0.384 e. The van der Waals surface area contributed by atoms with Crippen LogP contribution < -0.4 is 5.32 Å². The molecule has 1 aromatic rings. The number of para-hydroxylation sites is 1. The highest BCUT2D eigenvalue weighted by Gasteiger charge is 2.25. The van der Waals surface area contributed by atoms with E-state index in [2.05, 4.69) is 18.3 Å². The number of ether oxygens (including phenoxy) is 1. The second kappa shape index (κ2) is 6.25. The summed E-state index contributed by atoms with van der Waals surface area (Å²) in [6.45, 7) is 2.78. The molecule has 2 atom stereocenters. The van der Waals surface area contributed by atoms with Gasteiger partial charge in [0.2, 0.25) is 5.91 Å². The molecule has 4 heteroatoms. The Kier molecular flexibility index (Phi) is 4.66. The fourth-order valence-electron chi connectivity index (χ4n) is 2.18. The first-order chi connectivity index (χ1) is 8.70. The number of thioether (sulfide) groups is 1. The summed E-state index contributed by atoms with van der Waals surface area (Å²) in [4.78, 5) is 12.1. The van der Waals surface area contributed by atoms with Crippen LogP contribution in [0.4, 0.5) is 5.69 Å². The molecule has 0 unspecified atom stereocenters. The highest BCUT2D eigenvalue weighted by molar-refractivity contribution is 8.01. The Morgan fingerprint density at radius 3 is 3.06 bits per heavy atom. The van der Waals surface area contributed by atoms with Crippen molar-refractivity contribution in [3.8, 4) is 0 Å². The largest absolute Gasteiger partial charge is 0.384 e. The van der Waals surface area contributed by atoms with E-state index in [1.54, 1.807) is 18.9 Å². The molecule has 98 valence electrons. The molecule has 1 N–H and O–H groups in total. The highest BCUT2D eigenvalue weighted by Crippen LogP contribution is 2.29. The molecule has 1 amide bonds. The van der Waals surface area contributed by atoms with Gasteiger partial charge in [-0.15, -0.1) is 11.8 Å². The predicted octanol–water partition coefficient (Wildman–Crippen LogP) is 2.71. The SMILES string of the molecule is COC[C@@H](C)S[C@@H]1CCc2ccccc2NC1=O. The zero-order chi connectivity index (χ0) is 13.0. The van der Waals surface area contributed by atoms with Gasteiger partial charge < -0.3 is 10.1 Å². The van der Waals surface area contributed by atoms with Crippen molar-refractivity contribution in [2.24, 2.45) is 0 Å². The molecule has 0 fully saturated rings. The molecular weight excluding hydrogens is 246 g/mol. The fourth-order valence-corrected chi connectivity index (χ4v) is 3.39. The summed E-state index contributed by atoms with van der Waals surface area (Å²) in [5, 5.41) is 3.38. The standard InChI is InChI=1S/C14H19NO2S/c1-10(9-17-2)18-13-8-7-11-5-3-4-6-12(11)15-14(13)16/h3-6,10,13H,7-9H2,1-2H3,(H,15,16)/t10-,13-/m1/s1. The van der Waals surface area contributed by atoms with Gasteiger partial charge in [0.15, 0.2) is 0 Å². The molecule has 1 heterocycles. The quantitative estimate of drug-likeness (QED) is 0.909. The Morgan fingerprint density at radius 1 is 1.50 bits per heavy atom. The first-order valence-corrected chi connectivity index (χ1v) is 7.18. The lowest BCUT2D eigenvalue weighted by Gasteiger charge is -2.17. The summed E-state index contributed by atoms with van der Waals surface area (Å²) >= 11 is 1.70. The smallest absolute Gasteiger partial charge is 0.237 e. The van der Waals surface area contributed by atoms with Gasteiger partial charge in [0.25, 0.3) is 0 Å². The van der Waals surface area contributed by atoms with Crippen LogP contribution in [0.25, 0.3) is 0 Å². The van der Waals surface area contributed by atoms with Crippen molar-refractivity contribution in [1.29, 1.82) is 0 Å². The number of hydrogen-bond acceptors (Lipinski definition) is 3. The number of carbonyl (C=O) groups is 1. The number of hydrogen-bond donors (Lipinski definition) is 1. The monoisotopic (exact) mass is 265 g/mol. The van der Waals surface area contributed by atoms with Crippen LogP contribution in [-0.4, -0.2) is 30.1 Å². The van der Waals surface area contributed by atoms with Crippen LogP contribution in [0.3, 0.4) is 0 Å². The molecule has 0 aliphatic carbocycles. The Balaban J connectivity index is 2.03. The number of methoxy groups -OCH3 is 1. The summed E-state index contributed by atoms with van der Waals surface area (Å²) in [6, 6.07) is 8.03. The van der Waals surface area contributed by atoms with Crippen molar-refractivity contribution in [1.82, 2.24) is 0 Å². The molecule has 0 saturated carbocycles. The van der Waals surface area contributed by atoms with E-state index in [4.69, 9.17) is 4.74 Å². The molecule has 0 aromatic heterocycles. The van der Waals surface area contributed by atoms with E-state index >= 15 is 0 Å². The van der Waals surface area contributed by atoms with E-state index in [0.717, 1.165) is 18.5 Å². The van der Waals surface area contributed by atoms with Crippen LogP contribution in [0, 0.1) is 0 Å². The van der Waals surface area contributed by atoms with Gasteiger partial charge in [0, 0.05) is 18.0 Å². The first kappa shape index (κ1) is 13.4. The van der Waals surface area contributed by atoms with Crippen LogP contribution in [0.5, 0.6) is 0 Å². The van der Waals surface area contributed by atoms with Gasteiger partial charge in [0.05, 0.1) is 11.9 Å². The van der Waals surface area contributed by atoms with Gasteiger partial charge in [-0.05, 0) is 24.5 Å². The van der Waals surface area contributed by atoms with Gasteiger partial charge in [-0.3, -0.25) is 4.79 Å². The van der Waals surface area contributed by atoms with Crippen molar-refractivity contribution >= 4 is 23.4 Å².